The molecule has 0 radical (unpaired) electrons. The summed E-state index contributed by atoms with van der Waals surface area (Å²) in [6.45, 7) is 1.87. The Bertz CT molecular complexity index is 1090. The van der Waals surface area contributed by atoms with Crippen molar-refractivity contribution in [1.29, 1.82) is 0 Å². The number of ether oxygens (including phenoxy) is 3. The van der Waals surface area contributed by atoms with Crippen molar-refractivity contribution in [2.24, 2.45) is 5.92 Å². The number of carbonyl (C=O) groups is 2. The molecule has 0 saturated carbocycles. The lowest BCUT2D eigenvalue weighted by atomic mass is 9.89. The number of esters is 1. The number of methoxy groups -OCH3 is 2. The highest BCUT2D eigenvalue weighted by Gasteiger charge is 2.45. The standard InChI is InChI=1S/C21H21N3O5/c1-4-29-20(26)16-17(12-8-7-11-15(27-2)18(12)28-3)24-14-10-6-5-9-13(14)22-21(24)23-19(16)25/h5-11,16-17H,4H2,1-3H3,(H,22,23,25)/t16-,17+/m1/s1. The summed E-state index contributed by atoms with van der Waals surface area (Å²) >= 11 is 0. The summed E-state index contributed by atoms with van der Waals surface area (Å²) in [5.41, 5.74) is 2.12. The first kappa shape index (κ1) is 18.8. The first-order valence-corrected chi connectivity index (χ1v) is 9.26. The van der Waals surface area contributed by atoms with E-state index in [0.29, 0.717) is 28.5 Å². The van der Waals surface area contributed by atoms with Gasteiger partial charge in [-0.3, -0.25) is 14.9 Å². The van der Waals surface area contributed by atoms with Crippen LogP contribution in [0.1, 0.15) is 18.5 Å². The van der Waals surface area contributed by atoms with Crippen LogP contribution in [0.15, 0.2) is 42.5 Å². The quantitative estimate of drug-likeness (QED) is 0.528. The average Bonchev–Trinajstić information content (AvgIpc) is 3.09. The summed E-state index contributed by atoms with van der Waals surface area (Å²) in [5.74, 6) is -0.866. The van der Waals surface area contributed by atoms with E-state index in [2.05, 4.69) is 10.3 Å². The second-order valence-corrected chi connectivity index (χ2v) is 6.54. The van der Waals surface area contributed by atoms with Gasteiger partial charge >= 0.3 is 5.97 Å². The van der Waals surface area contributed by atoms with Gasteiger partial charge in [-0.05, 0) is 25.1 Å². The number of rotatable bonds is 5. The summed E-state index contributed by atoms with van der Waals surface area (Å²) in [6, 6.07) is 12.2. The molecule has 4 rings (SSSR count). The molecular weight excluding hydrogens is 374 g/mol. The van der Waals surface area contributed by atoms with Crippen molar-refractivity contribution in [2.45, 2.75) is 13.0 Å². The van der Waals surface area contributed by atoms with E-state index in [1.807, 2.05) is 34.9 Å². The number of aromatic nitrogens is 2. The second kappa shape index (κ2) is 7.46. The molecule has 1 aromatic heterocycles. The van der Waals surface area contributed by atoms with Crippen LogP contribution in [0, 0.1) is 5.92 Å². The Morgan fingerprint density at radius 1 is 1.14 bits per heavy atom. The molecule has 0 spiro atoms. The number of nitrogens with one attached hydrogen (secondary N) is 1. The molecular formula is C21H21N3O5. The minimum absolute atomic E-state index is 0.169. The van der Waals surface area contributed by atoms with E-state index in [4.69, 9.17) is 14.2 Å². The second-order valence-electron chi connectivity index (χ2n) is 6.54. The lowest BCUT2D eigenvalue weighted by Crippen LogP contribution is -2.43. The van der Waals surface area contributed by atoms with Crippen LogP contribution in [0.25, 0.3) is 11.0 Å². The number of imidazole rings is 1. The largest absolute Gasteiger partial charge is 0.493 e. The molecule has 29 heavy (non-hydrogen) atoms. The Balaban J connectivity index is 2.02. The van der Waals surface area contributed by atoms with Crippen LogP contribution in [0.3, 0.4) is 0 Å². The molecule has 1 N–H and O–H groups in total. The third kappa shape index (κ3) is 2.97. The molecule has 2 heterocycles. The monoisotopic (exact) mass is 395 g/mol. The van der Waals surface area contributed by atoms with Crippen molar-refractivity contribution in [3.8, 4) is 11.5 Å². The number of anilines is 1. The van der Waals surface area contributed by atoms with Crippen molar-refractivity contribution in [3.63, 3.8) is 0 Å². The highest BCUT2D eigenvalue weighted by Crippen LogP contribution is 2.44. The minimum atomic E-state index is -1.11. The van der Waals surface area contributed by atoms with E-state index in [0.717, 1.165) is 5.52 Å². The Labute approximate surface area is 167 Å². The number of nitrogens with zero attached hydrogens (tertiary/aromatic N) is 2. The van der Waals surface area contributed by atoms with Crippen molar-refractivity contribution < 1.29 is 23.8 Å². The van der Waals surface area contributed by atoms with Gasteiger partial charge in [-0.2, -0.15) is 0 Å². The lowest BCUT2D eigenvalue weighted by Gasteiger charge is -2.33. The number of hydrogen-bond acceptors (Lipinski definition) is 6. The normalized spacial score (nSPS) is 18.1. The van der Waals surface area contributed by atoms with Crippen molar-refractivity contribution in [1.82, 2.24) is 9.55 Å². The topological polar surface area (TPSA) is 91.7 Å². The number of amides is 1. The summed E-state index contributed by atoms with van der Waals surface area (Å²) in [5, 5.41) is 2.74. The lowest BCUT2D eigenvalue weighted by molar-refractivity contribution is -0.152. The van der Waals surface area contributed by atoms with E-state index in [9.17, 15) is 9.59 Å². The van der Waals surface area contributed by atoms with Crippen LogP contribution in [0.4, 0.5) is 5.95 Å². The molecule has 2 atom stereocenters. The fourth-order valence-electron chi connectivity index (χ4n) is 3.83. The van der Waals surface area contributed by atoms with Gasteiger partial charge in [-0.15, -0.1) is 0 Å². The molecule has 1 aliphatic rings. The van der Waals surface area contributed by atoms with Gasteiger partial charge in [0.05, 0.1) is 37.9 Å². The third-order valence-electron chi connectivity index (χ3n) is 5.00. The predicted octanol–water partition coefficient (Wildman–Crippen LogP) is 2.77. The molecule has 0 fully saturated rings. The SMILES string of the molecule is CCOC(=O)[C@H]1C(=O)Nc2nc3ccccc3n2[C@H]1c1cccc(OC)c1OC. The van der Waals surface area contributed by atoms with Crippen LogP contribution in [-0.2, 0) is 14.3 Å². The van der Waals surface area contributed by atoms with Gasteiger partial charge in [0, 0.05) is 5.56 Å². The number of para-hydroxylation sites is 3. The summed E-state index contributed by atoms with van der Waals surface area (Å²) in [4.78, 5) is 30.3. The number of fused-ring (bicyclic) bond motifs is 3. The molecule has 0 bridgehead atoms. The fourth-order valence-corrected chi connectivity index (χ4v) is 3.83. The Morgan fingerprint density at radius 3 is 2.66 bits per heavy atom. The van der Waals surface area contributed by atoms with E-state index < -0.39 is 23.8 Å². The Morgan fingerprint density at radius 2 is 1.93 bits per heavy atom. The van der Waals surface area contributed by atoms with Crippen LogP contribution in [0.5, 0.6) is 11.5 Å². The molecule has 3 aromatic rings. The van der Waals surface area contributed by atoms with Gasteiger partial charge in [0.25, 0.3) is 0 Å². The average molecular weight is 395 g/mol. The minimum Gasteiger partial charge on any atom is -0.493 e. The van der Waals surface area contributed by atoms with Gasteiger partial charge in [0.15, 0.2) is 17.4 Å². The zero-order valence-electron chi connectivity index (χ0n) is 16.3. The van der Waals surface area contributed by atoms with Crippen LogP contribution in [-0.4, -0.2) is 42.3 Å². The Hall–Kier alpha value is -3.55. The molecule has 0 aliphatic carbocycles. The molecule has 0 unspecified atom stereocenters. The van der Waals surface area contributed by atoms with Crippen molar-refractivity contribution >= 4 is 28.9 Å². The maximum Gasteiger partial charge on any atom is 0.321 e. The van der Waals surface area contributed by atoms with Crippen molar-refractivity contribution in [2.75, 3.05) is 26.1 Å². The summed E-state index contributed by atoms with van der Waals surface area (Å²) in [6.07, 6.45) is 0. The van der Waals surface area contributed by atoms with Crippen LogP contribution < -0.4 is 14.8 Å². The third-order valence-corrected chi connectivity index (χ3v) is 5.00. The molecule has 0 saturated heterocycles. The van der Waals surface area contributed by atoms with Gasteiger partial charge in [0.2, 0.25) is 11.9 Å². The zero-order valence-corrected chi connectivity index (χ0v) is 16.3. The maximum atomic E-state index is 13.0. The van der Waals surface area contributed by atoms with Crippen LogP contribution >= 0.6 is 0 Å². The van der Waals surface area contributed by atoms with Crippen molar-refractivity contribution in [3.05, 3.63) is 48.0 Å². The van der Waals surface area contributed by atoms with Gasteiger partial charge < -0.3 is 18.8 Å². The zero-order chi connectivity index (χ0) is 20.5. The first-order valence-electron chi connectivity index (χ1n) is 9.26. The molecule has 8 heteroatoms. The van der Waals surface area contributed by atoms with E-state index in [-0.39, 0.29) is 6.61 Å². The number of carbonyl (C=O) groups excluding carboxylic acids is 2. The van der Waals surface area contributed by atoms with Crippen LogP contribution in [0.2, 0.25) is 0 Å². The number of hydrogen-bond donors (Lipinski definition) is 1. The van der Waals surface area contributed by atoms with Gasteiger partial charge in [-0.25, -0.2) is 4.98 Å². The van der Waals surface area contributed by atoms with E-state index in [1.165, 1.54) is 14.2 Å². The highest BCUT2D eigenvalue weighted by atomic mass is 16.5. The molecule has 8 nitrogen and oxygen atoms in total. The maximum absolute atomic E-state index is 13.0. The Kier molecular flexibility index (Phi) is 4.84. The predicted molar refractivity (Wildman–Crippen MR) is 106 cm³/mol. The molecule has 1 aliphatic heterocycles. The van der Waals surface area contributed by atoms with E-state index in [1.54, 1.807) is 19.1 Å². The molecule has 150 valence electrons. The molecule has 2 aromatic carbocycles. The van der Waals surface area contributed by atoms with E-state index >= 15 is 0 Å². The fraction of sp³-hybridized carbons (Fsp3) is 0.286. The van der Waals surface area contributed by atoms with Gasteiger partial charge in [0.1, 0.15) is 0 Å². The van der Waals surface area contributed by atoms with Gasteiger partial charge in [-0.1, -0.05) is 24.3 Å². The highest BCUT2D eigenvalue weighted by molar-refractivity contribution is 6.07. The molecule has 1 amide bonds. The smallest absolute Gasteiger partial charge is 0.321 e. The first-order chi connectivity index (χ1) is 14.1. The number of benzene rings is 2. The summed E-state index contributed by atoms with van der Waals surface area (Å²) in [7, 11) is 3.06. The summed E-state index contributed by atoms with van der Waals surface area (Å²) < 4.78 is 18.1.